The number of nitrogens with one attached hydrogen (secondary N) is 1. The van der Waals surface area contributed by atoms with E-state index in [0.717, 1.165) is 30.0 Å². The number of amides is 1. The molecule has 1 amide bonds. The quantitative estimate of drug-likeness (QED) is 0.722. The third-order valence-electron chi connectivity index (χ3n) is 5.02. The maximum absolute atomic E-state index is 12.6. The largest absolute Gasteiger partial charge is 0.467 e. The molecule has 0 radical (unpaired) electrons. The number of methoxy groups -OCH3 is 1. The molecule has 0 bridgehead atoms. The molecule has 6 nitrogen and oxygen atoms in total. The Morgan fingerprint density at radius 3 is 2.81 bits per heavy atom. The Bertz CT molecular complexity index is 798. The van der Waals surface area contributed by atoms with Crippen molar-refractivity contribution in [2.75, 3.05) is 19.1 Å². The highest BCUT2D eigenvalue weighted by atomic mass is 32.2. The predicted molar refractivity (Wildman–Crippen MR) is 106 cm³/mol. The van der Waals surface area contributed by atoms with Crippen molar-refractivity contribution in [3.05, 3.63) is 29.7 Å². The lowest BCUT2D eigenvalue weighted by Crippen LogP contribution is -2.41. The molecule has 1 atom stereocenters. The molecule has 1 aliphatic carbocycles. The van der Waals surface area contributed by atoms with Gasteiger partial charge in [-0.1, -0.05) is 19.3 Å². The maximum Gasteiger partial charge on any atom is 0.328 e. The normalized spacial score (nSPS) is 16.2. The molecule has 1 heterocycles. The van der Waals surface area contributed by atoms with E-state index in [1.165, 1.54) is 26.4 Å². The average molecular weight is 391 g/mol. The van der Waals surface area contributed by atoms with Crippen molar-refractivity contribution in [2.24, 2.45) is 0 Å². The number of rotatable bonds is 7. The molecule has 146 valence electrons. The first kappa shape index (κ1) is 19.7. The minimum atomic E-state index is -0.654. The van der Waals surface area contributed by atoms with E-state index in [9.17, 15) is 9.59 Å². The summed E-state index contributed by atoms with van der Waals surface area (Å²) in [5.74, 6) is 1.15. The van der Waals surface area contributed by atoms with Crippen molar-refractivity contribution in [3.8, 4) is 0 Å². The predicted octanol–water partition coefficient (Wildman–Crippen LogP) is 3.90. The number of ether oxygens (including phenoxy) is 1. The topological polar surface area (TPSA) is 81.4 Å². The van der Waals surface area contributed by atoms with Crippen molar-refractivity contribution in [3.63, 3.8) is 0 Å². The number of hydrogen-bond donors (Lipinski definition) is 1. The molecular formula is C20H26N2O4S. The zero-order valence-corrected chi connectivity index (χ0v) is 16.6. The molecule has 0 saturated heterocycles. The van der Waals surface area contributed by atoms with Gasteiger partial charge in [-0.15, -0.1) is 0 Å². The molecule has 3 rings (SSSR count). The minimum absolute atomic E-state index is 0.316. The summed E-state index contributed by atoms with van der Waals surface area (Å²) in [5, 5.41) is 2.76. The number of fused-ring (bicyclic) bond motifs is 1. The van der Waals surface area contributed by atoms with Crippen molar-refractivity contribution in [2.45, 2.75) is 50.5 Å². The van der Waals surface area contributed by atoms with Crippen LogP contribution in [0.25, 0.3) is 11.1 Å². The van der Waals surface area contributed by atoms with Crippen LogP contribution in [0.4, 0.5) is 0 Å². The maximum atomic E-state index is 12.6. The van der Waals surface area contributed by atoms with Crippen LogP contribution in [-0.2, 0) is 9.53 Å². The van der Waals surface area contributed by atoms with Gasteiger partial charge >= 0.3 is 5.97 Å². The van der Waals surface area contributed by atoms with Crippen LogP contribution in [0.5, 0.6) is 0 Å². The summed E-state index contributed by atoms with van der Waals surface area (Å²) in [6.07, 6.45) is 8.39. The lowest BCUT2D eigenvalue weighted by Gasteiger charge is -2.17. The fraction of sp³-hybridized carbons (Fsp3) is 0.550. The van der Waals surface area contributed by atoms with Gasteiger partial charge in [0.25, 0.3) is 5.91 Å². The van der Waals surface area contributed by atoms with Gasteiger partial charge in [0, 0.05) is 11.5 Å². The van der Waals surface area contributed by atoms with E-state index < -0.39 is 12.0 Å². The van der Waals surface area contributed by atoms with Crippen LogP contribution in [0.15, 0.2) is 22.6 Å². The first-order valence-corrected chi connectivity index (χ1v) is 10.8. The number of oxazole rings is 1. The highest BCUT2D eigenvalue weighted by molar-refractivity contribution is 7.98. The van der Waals surface area contributed by atoms with E-state index in [1.54, 1.807) is 30.0 Å². The van der Waals surface area contributed by atoms with Crippen molar-refractivity contribution in [1.29, 1.82) is 0 Å². The van der Waals surface area contributed by atoms with Crippen molar-refractivity contribution in [1.82, 2.24) is 10.3 Å². The second-order valence-electron chi connectivity index (χ2n) is 6.90. The van der Waals surface area contributed by atoms with Gasteiger partial charge in [-0.3, -0.25) is 4.79 Å². The number of hydrogen-bond acceptors (Lipinski definition) is 6. The number of esters is 1. The highest BCUT2D eigenvalue weighted by Crippen LogP contribution is 2.33. The zero-order valence-electron chi connectivity index (χ0n) is 15.8. The molecule has 1 aromatic carbocycles. The highest BCUT2D eigenvalue weighted by Gasteiger charge is 2.23. The van der Waals surface area contributed by atoms with Crippen LogP contribution in [0, 0.1) is 0 Å². The minimum Gasteiger partial charge on any atom is -0.467 e. The molecule has 0 spiro atoms. The Kier molecular flexibility index (Phi) is 6.77. The Hall–Kier alpha value is -2.02. The molecule has 1 saturated carbocycles. The van der Waals surface area contributed by atoms with Gasteiger partial charge < -0.3 is 14.5 Å². The number of carbonyl (C=O) groups is 2. The van der Waals surface area contributed by atoms with E-state index >= 15 is 0 Å². The Balaban J connectivity index is 1.74. The third-order valence-corrected chi connectivity index (χ3v) is 5.67. The summed E-state index contributed by atoms with van der Waals surface area (Å²) in [6, 6.07) is 4.56. The first-order chi connectivity index (χ1) is 13.1. The van der Waals surface area contributed by atoms with Gasteiger partial charge in [0.1, 0.15) is 11.6 Å². The van der Waals surface area contributed by atoms with E-state index in [-0.39, 0.29) is 5.91 Å². The molecule has 1 fully saturated rings. The fourth-order valence-corrected chi connectivity index (χ4v) is 3.95. The molecule has 2 aromatic rings. The Morgan fingerprint density at radius 2 is 2.11 bits per heavy atom. The standard InChI is InChI=1S/C20H26N2O4S/c1-25-20(24)16(10-11-27-2)21-18(23)14-8-9-15-17(12-14)26-19(22-15)13-6-4-3-5-7-13/h8-9,12-13,16H,3-7,10-11H2,1-2H3,(H,21,23)/t16-/m1/s1. The summed E-state index contributed by atoms with van der Waals surface area (Å²) in [7, 11) is 1.33. The number of carbonyl (C=O) groups excluding carboxylic acids is 2. The third kappa shape index (κ3) is 4.83. The fourth-order valence-electron chi connectivity index (χ4n) is 3.48. The zero-order chi connectivity index (χ0) is 19.2. The van der Waals surface area contributed by atoms with E-state index in [0.29, 0.717) is 23.5 Å². The van der Waals surface area contributed by atoms with Gasteiger partial charge in [-0.2, -0.15) is 11.8 Å². The van der Waals surface area contributed by atoms with E-state index in [1.807, 2.05) is 6.26 Å². The molecule has 27 heavy (non-hydrogen) atoms. The van der Waals surface area contributed by atoms with Crippen molar-refractivity contribution < 1.29 is 18.7 Å². The first-order valence-electron chi connectivity index (χ1n) is 9.40. The smallest absolute Gasteiger partial charge is 0.328 e. The molecule has 1 aromatic heterocycles. The Morgan fingerprint density at radius 1 is 1.33 bits per heavy atom. The number of thioether (sulfide) groups is 1. The van der Waals surface area contributed by atoms with Gasteiger partial charge in [0.05, 0.1) is 7.11 Å². The summed E-state index contributed by atoms with van der Waals surface area (Å²) < 4.78 is 10.7. The van der Waals surface area contributed by atoms with Gasteiger partial charge in [0.2, 0.25) is 0 Å². The lowest BCUT2D eigenvalue weighted by molar-refractivity contribution is -0.142. The second kappa shape index (κ2) is 9.26. The summed E-state index contributed by atoms with van der Waals surface area (Å²) in [6.45, 7) is 0. The lowest BCUT2D eigenvalue weighted by atomic mass is 9.89. The van der Waals surface area contributed by atoms with Crippen LogP contribution in [0.3, 0.4) is 0 Å². The summed E-state index contributed by atoms with van der Waals surface area (Å²) in [5.41, 5.74) is 1.83. The SMILES string of the molecule is COC(=O)[C@@H](CCSC)NC(=O)c1ccc2nc(C3CCCCC3)oc2c1. The van der Waals surface area contributed by atoms with Crippen molar-refractivity contribution >= 4 is 34.7 Å². The number of benzene rings is 1. The molecule has 0 aliphatic heterocycles. The van der Waals surface area contributed by atoms with Gasteiger partial charge in [-0.25, -0.2) is 9.78 Å². The van der Waals surface area contributed by atoms with E-state index in [2.05, 4.69) is 10.3 Å². The molecule has 1 aliphatic rings. The summed E-state index contributed by atoms with van der Waals surface area (Å²) >= 11 is 1.62. The number of aromatic nitrogens is 1. The van der Waals surface area contributed by atoms with E-state index in [4.69, 9.17) is 9.15 Å². The Labute approximate surface area is 163 Å². The second-order valence-corrected chi connectivity index (χ2v) is 7.89. The summed E-state index contributed by atoms with van der Waals surface area (Å²) in [4.78, 5) is 29.1. The molecule has 0 unspecified atom stereocenters. The van der Waals surface area contributed by atoms with Gasteiger partial charge in [-0.05, 0) is 49.5 Å². The van der Waals surface area contributed by atoms with Crippen LogP contribution >= 0.6 is 11.8 Å². The van der Waals surface area contributed by atoms with Crippen LogP contribution in [-0.4, -0.2) is 42.0 Å². The van der Waals surface area contributed by atoms with Crippen LogP contribution < -0.4 is 5.32 Å². The van der Waals surface area contributed by atoms with Crippen LogP contribution in [0.2, 0.25) is 0 Å². The molecule has 7 heteroatoms. The monoisotopic (exact) mass is 390 g/mol. The number of nitrogens with zero attached hydrogens (tertiary/aromatic N) is 1. The van der Waals surface area contributed by atoms with Crippen LogP contribution in [0.1, 0.15) is 60.7 Å². The molecule has 1 N–H and O–H groups in total. The van der Waals surface area contributed by atoms with Gasteiger partial charge in [0.15, 0.2) is 11.5 Å². The average Bonchev–Trinajstić information content (AvgIpc) is 3.14. The molecular weight excluding hydrogens is 364 g/mol.